The van der Waals surface area contributed by atoms with Crippen molar-refractivity contribution in [1.82, 2.24) is 0 Å². The highest BCUT2D eigenvalue weighted by atomic mass is 16.6. The van der Waals surface area contributed by atoms with Crippen LogP contribution in [0, 0.1) is 15.3 Å². The predicted molar refractivity (Wildman–Crippen MR) is 50.1 cm³/mol. The van der Waals surface area contributed by atoms with Crippen LogP contribution in [0.4, 0.5) is 5.69 Å². The van der Waals surface area contributed by atoms with Crippen LogP contribution in [0.5, 0.6) is 0 Å². The number of hydrogen-bond donors (Lipinski definition) is 3. The van der Waals surface area contributed by atoms with Gasteiger partial charge in [-0.1, -0.05) is 0 Å². The van der Waals surface area contributed by atoms with Crippen molar-refractivity contribution in [1.29, 1.82) is 0 Å². The van der Waals surface area contributed by atoms with Gasteiger partial charge in [0.15, 0.2) is 12.4 Å². The summed E-state index contributed by atoms with van der Waals surface area (Å²) in [6.07, 6.45) is -1.59. The standard InChI is InChI=1S/C8H10N2O6/c11-4-7(12)8(13)5-3-9(14)2-1-6(5)10(15)16/h1-3,7-8,11-13H,4H2. The molecule has 88 valence electrons. The van der Waals surface area contributed by atoms with E-state index in [-0.39, 0.29) is 10.3 Å². The van der Waals surface area contributed by atoms with Gasteiger partial charge in [0, 0.05) is 0 Å². The van der Waals surface area contributed by atoms with E-state index in [0.29, 0.717) is 0 Å². The molecule has 0 bridgehead atoms. The van der Waals surface area contributed by atoms with E-state index in [1.165, 1.54) is 0 Å². The summed E-state index contributed by atoms with van der Waals surface area (Å²) >= 11 is 0. The van der Waals surface area contributed by atoms with Crippen molar-refractivity contribution in [2.45, 2.75) is 12.2 Å². The zero-order valence-corrected chi connectivity index (χ0v) is 8.05. The summed E-state index contributed by atoms with van der Waals surface area (Å²) < 4.78 is 0.260. The average molecular weight is 230 g/mol. The molecule has 1 aromatic heterocycles. The van der Waals surface area contributed by atoms with E-state index in [0.717, 1.165) is 18.5 Å². The lowest BCUT2D eigenvalue weighted by atomic mass is 10.1. The Bertz CT molecular complexity index is 396. The van der Waals surface area contributed by atoms with Crippen molar-refractivity contribution in [2.24, 2.45) is 0 Å². The van der Waals surface area contributed by atoms with Gasteiger partial charge >= 0.3 is 0 Å². The van der Waals surface area contributed by atoms with E-state index in [2.05, 4.69) is 0 Å². The maximum absolute atomic E-state index is 10.9. The van der Waals surface area contributed by atoms with E-state index >= 15 is 0 Å². The molecule has 2 unspecified atom stereocenters. The Hall–Kier alpha value is -1.77. The van der Waals surface area contributed by atoms with Gasteiger partial charge in [-0.15, -0.1) is 0 Å². The lowest BCUT2D eigenvalue weighted by Crippen LogP contribution is -2.29. The molecule has 16 heavy (non-hydrogen) atoms. The van der Waals surface area contributed by atoms with Crippen molar-refractivity contribution in [3.05, 3.63) is 39.3 Å². The first kappa shape index (κ1) is 12.3. The molecule has 1 heterocycles. The minimum Gasteiger partial charge on any atom is -0.619 e. The molecule has 0 aliphatic rings. The van der Waals surface area contributed by atoms with Crippen LogP contribution in [0.1, 0.15) is 11.7 Å². The molecule has 0 amide bonds. The van der Waals surface area contributed by atoms with Crippen LogP contribution in [0.25, 0.3) is 0 Å². The van der Waals surface area contributed by atoms with Crippen LogP contribution in [-0.2, 0) is 0 Å². The van der Waals surface area contributed by atoms with Crippen molar-refractivity contribution in [3.63, 3.8) is 0 Å². The maximum atomic E-state index is 10.9. The van der Waals surface area contributed by atoms with Crippen LogP contribution in [-0.4, -0.2) is 33.0 Å². The quantitative estimate of drug-likeness (QED) is 0.253. The number of aromatic nitrogens is 1. The molecule has 0 aliphatic carbocycles. The van der Waals surface area contributed by atoms with Gasteiger partial charge in [0.05, 0.1) is 17.6 Å². The summed E-state index contributed by atoms with van der Waals surface area (Å²) in [7, 11) is 0. The molecular formula is C8H10N2O6. The molecule has 8 nitrogen and oxygen atoms in total. The van der Waals surface area contributed by atoms with Gasteiger partial charge in [-0.2, -0.15) is 4.73 Å². The molecule has 8 heteroatoms. The van der Waals surface area contributed by atoms with Gasteiger partial charge in [0.25, 0.3) is 5.69 Å². The Morgan fingerprint density at radius 2 is 2.12 bits per heavy atom. The highest BCUT2D eigenvalue weighted by Crippen LogP contribution is 2.25. The van der Waals surface area contributed by atoms with Gasteiger partial charge in [-0.3, -0.25) is 10.1 Å². The lowest BCUT2D eigenvalue weighted by Gasteiger charge is -2.14. The number of pyridine rings is 1. The second kappa shape index (κ2) is 4.84. The number of aliphatic hydroxyl groups excluding tert-OH is 3. The van der Waals surface area contributed by atoms with E-state index in [4.69, 9.17) is 10.2 Å². The second-order valence-electron chi connectivity index (χ2n) is 3.10. The molecule has 2 atom stereocenters. The molecule has 0 aliphatic heterocycles. The molecule has 0 radical (unpaired) electrons. The maximum Gasteiger partial charge on any atom is 0.287 e. The Morgan fingerprint density at radius 3 is 2.62 bits per heavy atom. The molecule has 0 spiro atoms. The van der Waals surface area contributed by atoms with Gasteiger partial charge < -0.3 is 20.5 Å². The molecule has 0 fully saturated rings. The van der Waals surface area contributed by atoms with E-state index < -0.39 is 29.4 Å². The first-order valence-corrected chi connectivity index (χ1v) is 4.31. The SMILES string of the molecule is O=[N+]([O-])c1cc[n+]([O-])cc1C(O)C(O)CO. The predicted octanol–water partition coefficient (Wildman–Crippen LogP) is -1.39. The van der Waals surface area contributed by atoms with Crippen LogP contribution >= 0.6 is 0 Å². The van der Waals surface area contributed by atoms with E-state index in [1.807, 2.05) is 0 Å². The Balaban J connectivity index is 3.19. The third-order valence-electron chi connectivity index (χ3n) is 2.01. The Kier molecular flexibility index (Phi) is 3.72. The number of rotatable bonds is 4. The fourth-order valence-corrected chi connectivity index (χ4v) is 1.19. The Labute approximate surface area is 89.7 Å². The summed E-state index contributed by atoms with van der Waals surface area (Å²) in [4.78, 5) is 9.80. The van der Waals surface area contributed by atoms with Gasteiger partial charge in [0.2, 0.25) is 0 Å². The zero-order chi connectivity index (χ0) is 12.3. The van der Waals surface area contributed by atoms with Gasteiger partial charge in [-0.25, -0.2) is 0 Å². The van der Waals surface area contributed by atoms with Crippen molar-refractivity contribution in [2.75, 3.05) is 6.61 Å². The Morgan fingerprint density at radius 1 is 1.50 bits per heavy atom. The van der Waals surface area contributed by atoms with Crippen LogP contribution in [0.3, 0.4) is 0 Å². The monoisotopic (exact) mass is 230 g/mol. The summed E-state index contributed by atoms with van der Waals surface area (Å²) in [6, 6.07) is 0.912. The van der Waals surface area contributed by atoms with Gasteiger partial charge in [0.1, 0.15) is 17.8 Å². The van der Waals surface area contributed by atoms with Crippen LogP contribution < -0.4 is 4.73 Å². The number of hydrogen-bond acceptors (Lipinski definition) is 6. The molecule has 3 N–H and O–H groups in total. The average Bonchev–Trinajstić information content (AvgIpc) is 2.26. The fraction of sp³-hybridized carbons (Fsp3) is 0.375. The third-order valence-corrected chi connectivity index (χ3v) is 2.01. The highest BCUT2D eigenvalue weighted by molar-refractivity contribution is 5.37. The summed E-state index contributed by atoms with van der Waals surface area (Å²) in [5.74, 6) is 0. The summed E-state index contributed by atoms with van der Waals surface area (Å²) in [6.45, 7) is -0.772. The first-order valence-electron chi connectivity index (χ1n) is 4.31. The molecule has 0 aromatic carbocycles. The van der Waals surface area contributed by atoms with Crippen molar-refractivity contribution >= 4 is 5.69 Å². The second-order valence-corrected chi connectivity index (χ2v) is 3.10. The number of nitro groups is 1. The normalized spacial score (nSPS) is 14.4. The minimum atomic E-state index is -1.69. The minimum absolute atomic E-state index is 0.260. The van der Waals surface area contributed by atoms with Crippen molar-refractivity contribution in [3.8, 4) is 0 Å². The highest BCUT2D eigenvalue weighted by Gasteiger charge is 2.28. The molecule has 0 saturated carbocycles. The fourth-order valence-electron chi connectivity index (χ4n) is 1.19. The topological polar surface area (TPSA) is 131 Å². The zero-order valence-electron chi connectivity index (χ0n) is 8.05. The van der Waals surface area contributed by atoms with Crippen molar-refractivity contribution < 1.29 is 25.0 Å². The lowest BCUT2D eigenvalue weighted by molar-refractivity contribution is -0.606. The molecule has 1 aromatic rings. The number of aliphatic hydroxyl groups is 3. The number of nitrogens with zero attached hydrogens (tertiary/aromatic N) is 2. The molecule has 0 saturated heterocycles. The third kappa shape index (κ3) is 2.42. The van der Waals surface area contributed by atoms with Crippen LogP contribution in [0.2, 0.25) is 0 Å². The summed E-state index contributed by atoms with van der Waals surface area (Å²) in [5, 5.41) is 48.7. The van der Waals surface area contributed by atoms with Gasteiger partial charge in [-0.05, 0) is 0 Å². The van der Waals surface area contributed by atoms with E-state index in [9.17, 15) is 20.4 Å². The first-order chi connectivity index (χ1) is 7.47. The smallest absolute Gasteiger partial charge is 0.287 e. The van der Waals surface area contributed by atoms with E-state index in [1.54, 1.807) is 0 Å². The summed E-state index contributed by atoms with van der Waals surface area (Å²) in [5.41, 5.74) is -0.837. The molecular weight excluding hydrogens is 220 g/mol. The van der Waals surface area contributed by atoms with Crippen LogP contribution in [0.15, 0.2) is 18.5 Å². The molecule has 1 rings (SSSR count). The largest absolute Gasteiger partial charge is 0.619 e.